The predicted molar refractivity (Wildman–Crippen MR) is 230 cm³/mol. The zero-order chi connectivity index (χ0) is 40.8. The Labute approximate surface area is 342 Å². The molecule has 6 heterocycles. The van der Waals surface area contributed by atoms with Gasteiger partial charge in [-0.3, -0.25) is 24.6 Å². The second-order valence-corrected chi connectivity index (χ2v) is 16.2. The van der Waals surface area contributed by atoms with E-state index in [1.165, 1.54) is 22.3 Å². The van der Waals surface area contributed by atoms with Crippen LogP contribution in [-0.2, 0) is 33.9 Å². The number of likely N-dealkylation sites (tertiary alicyclic amines) is 1. The zero-order valence-corrected chi connectivity index (χ0v) is 34.6. The zero-order valence-electron chi connectivity index (χ0n) is 34.6. The summed E-state index contributed by atoms with van der Waals surface area (Å²) >= 11 is 0. The molecule has 0 bridgehead atoms. The molecule has 3 fully saturated rings. The number of nitrogens with zero attached hydrogens (tertiary/aromatic N) is 5. The maximum Gasteiger partial charge on any atom is 0.237 e. The summed E-state index contributed by atoms with van der Waals surface area (Å²) in [6.45, 7) is 20.6. The number of benzene rings is 2. The van der Waals surface area contributed by atoms with Crippen LogP contribution in [0.5, 0.6) is 5.88 Å². The maximum absolute atomic E-state index is 13.4. The summed E-state index contributed by atoms with van der Waals surface area (Å²) in [5, 5.41) is 9.05. The topological polar surface area (TPSA) is 131 Å². The number of pyridine rings is 1. The largest absolute Gasteiger partial charge is 0.474 e. The van der Waals surface area contributed by atoms with Crippen LogP contribution in [0.4, 0.5) is 17.1 Å². The Kier molecular flexibility index (Phi) is 12.9. The standard InChI is InChI=1S/C41H51N7O2.C5H7NO2/c1-6-32-13-17-48(38-22-43-41-40(29(38)4)42-14-18-50-41)26-37(32)45-30(5)44-36-10-9-33(28(3)20-36)21-39(49)47-15-11-31(12-16-47)23-46-24-34-8-7-27(2)19-35(34)25-46;7-4-2-1-3-5(8)6-4/h6-10,19-20,22,31,42,44H,5,11-18,21,23-26H2,1-4H3;1-3H2,(H,6,7,8)/b32-6-,45-37-;. The molecule has 3 aromatic rings. The molecule has 0 unspecified atom stereocenters. The summed E-state index contributed by atoms with van der Waals surface area (Å²) in [6, 6.07) is 13.0. The number of hydrogen-bond acceptors (Lipinski definition) is 10. The molecule has 0 spiro atoms. The number of allylic oxidation sites excluding steroid dienone is 1. The highest BCUT2D eigenvalue weighted by atomic mass is 16.5. The molecule has 0 atom stereocenters. The van der Waals surface area contributed by atoms with Gasteiger partial charge in [-0.05, 0) is 99.3 Å². The highest BCUT2D eigenvalue weighted by molar-refractivity contribution is 6.05. The Hall–Kier alpha value is -5.49. The number of aryl methyl sites for hydroxylation is 2. The molecular formula is C46H58N8O4. The fourth-order valence-corrected chi connectivity index (χ4v) is 8.66. The average molecular weight is 787 g/mol. The number of rotatable bonds is 8. The minimum absolute atomic E-state index is 0.138. The van der Waals surface area contributed by atoms with Crippen molar-refractivity contribution in [3.8, 4) is 5.88 Å². The molecule has 2 aromatic carbocycles. The van der Waals surface area contributed by atoms with Crippen molar-refractivity contribution in [2.75, 3.05) is 61.4 Å². The van der Waals surface area contributed by atoms with Crippen molar-refractivity contribution < 1.29 is 19.1 Å². The Bertz CT molecular complexity index is 2100. The number of aliphatic imine (C=N–C) groups is 1. The fourth-order valence-electron chi connectivity index (χ4n) is 8.66. The number of carbonyl (C=O) groups excluding carboxylic acids is 3. The summed E-state index contributed by atoms with van der Waals surface area (Å²) in [5.41, 5.74) is 12.8. The third-order valence-electron chi connectivity index (χ3n) is 11.9. The number of aromatic nitrogens is 1. The van der Waals surface area contributed by atoms with Gasteiger partial charge in [-0.15, -0.1) is 0 Å². The van der Waals surface area contributed by atoms with Crippen molar-refractivity contribution in [1.29, 1.82) is 0 Å². The summed E-state index contributed by atoms with van der Waals surface area (Å²) in [7, 11) is 0. The molecule has 3 N–H and O–H groups in total. The minimum atomic E-state index is -0.138. The number of carbonyl (C=O) groups is 3. The average Bonchev–Trinajstić information content (AvgIpc) is 3.61. The highest BCUT2D eigenvalue weighted by Gasteiger charge is 2.28. The van der Waals surface area contributed by atoms with Gasteiger partial charge in [0.1, 0.15) is 18.1 Å². The lowest BCUT2D eigenvalue weighted by Crippen LogP contribution is -2.41. The first-order valence-corrected chi connectivity index (χ1v) is 20.8. The molecule has 12 nitrogen and oxygen atoms in total. The Morgan fingerprint density at radius 1 is 1.00 bits per heavy atom. The molecule has 0 aliphatic carbocycles. The van der Waals surface area contributed by atoms with Gasteiger partial charge in [0.25, 0.3) is 0 Å². The van der Waals surface area contributed by atoms with Crippen LogP contribution in [0.25, 0.3) is 0 Å². The number of piperidine rings is 3. The second-order valence-electron chi connectivity index (χ2n) is 16.2. The van der Waals surface area contributed by atoms with Crippen molar-refractivity contribution in [1.82, 2.24) is 20.1 Å². The van der Waals surface area contributed by atoms with Crippen LogP contribution in [0.1, 0.15) is 78.8 Å². The van der Waals surface area contributed by atoms with Crippen LogP contribution < -0.4 is 25.6 Å². The van der Waals surface area contributed by atoms with E-state index in [0.717, 1.165) is 105 Å². The smallest absolute Gasteiger partial charge is 0.237 e. The number of hydrogen-bond donors (Lipinski definition) is 3. The van der Waals surface area contributed by atoms with Gasteiger partial charge >= 0.3 is 0 Å². The summed E-state index contributed by atoms with van der Waals surface area (Å²) < 4.78 is 5.74. The van der Waals surface area contributed by atoms with Crippen molar-refractivity contribution in [3.05, 3.63) is 100 Å². The lowest BCUT2D eigenvalue weighted by molar-refractivity contribution is -0.133. The molecule has 1 aromatic heterocycles. The molecule has 58 heavy (non-hydrogen) atoms. The molecule has 5 aliphatic rings. The molecule has 5 aliphatic heterocycles. The molecule has 12 heteroatoms. The van der Waals surface area contributed by atoms with E-state index in [4.69, 9.17) is 9.73 Å². The third-order valence-corrected chi connectivity index (χ3v) is 11.9. The molecule has 0 saturated carbocycles. The van der Waals surface area contributed by atoms with E-state index in [9.17, 15) is 14.4 Å². The minimum Gasteiger partial charge on any atom is -0.474 e. The van der Waals surface area contributed by atoms with E-state index < -0.39 is 0 Å². The summed E-state index contributed by atoms with van der Waals surface area (Å²) in [6.07, 6.45) is 9.28. The van der Waals surface area contributed by atoms with Crippen LogP contribution in [-0.4, -0.2) is 84.1 Å². The van der Waals surface area contributed by atoms with Gasteiger partial charge in [0.05, 0.1) is 30.6 Å². The summed E-state index contributed by atoms with van der Waals surface area (Å²) in [5.74, 6) is 1.87. The molecule has 0 radical (unpaired) electrons. The van der Waals surface area contributed by atoms with Crippen molar-refractivity contribution in [2.45, 2.75) is 85.7 Å². The van der Waals surface area contributed by atoms with Gasteiger partial charge in [-0.1, -0.05) is 42.5 Å². The lowest BCUT2D eigenvalue weighted by atomic mass is 9.95. The normalized spacial score (nSPS) is 19.7. The van der Waals surface area contributed by atoms with Gasteiger partial charge < -0.3 is 25.2 Å². The van der Waals surface area contributed by atoms with Crippen LogP contribution in [0.3, 0.4) is 0 Å². The number of imide groups is 1. The molecule has 8 rings (SSSR count). The first-order chi connectivity index (χ1) is 28.0. The maximum atomic E-state index is 13.4. The van der Waals surface area contributed by atoms with Crippen LogP contribution >= 0.6 is 0 Å². The van der Waals surface area contributed by atoms with Gasteiger partial charge in [-0.25, -0.2) is 9.98 Å². The van der Waals surface area contributed by atoms with E-state index in [2.05, 4.69) is 106 Å². The van der Waals surface area contributed by atoms with Gasteiger partial charge in [0.15, 0.2) is 0 Å². The van der Waals surface area contributed by atoms with Gasteiger partial charge in [0.2, 0.25) is 23.6 Å². The monoisotopic (exact) mass is 786 g/mol. The van der Waals surface area contributed by atoms with E-state index in [-0.39, 0.29) is 17.7 Å². The highest BCUT2D eigenvalue weighted by Crippen LogP contribution is 2.36. The number of anilines is 3. The fraction of sp³-hybridized carbons (Fsp3) is 0.457. The van der Waals surface area contributed by atoms with Gasteiger partial charge in [-0.2, -0.15) is 0 Å². The van der Waals surface area contributed by atoms with E-state index in [1.54, 1.807) is 0 Å². The molecular weight excluding hydrogens is 729 g/mol. The first-order valence-electron chi connectivity index (χ1n) is 20.8. The number of fused-ring (bicyclic) bond motifs is 2. The van der Waals surface area contributed by atoms with Crippen molar-refractivity contribution in [2.24, 2.45) is 10.9 Å². The van der Waals surface area contributed by atoms with Crippen LogP contribution in [0.15, 0.2) is 71.6 Å². The van der Waals surface area contributed by atoms with Crippen molar-refractivity contribution in [3.63, 3.8) is 0 Å². The molecule has 3 saturated heterocycles. The quantitative estimate of drug-likeness (QED) is 0.216. The Balaban J connectivity index is 0.000000573. The van der Waals surface area contributed by atoms with Gasteiger partial charge in [0, 0.05) is 69.9 Å². The van der Waals surface area contributed by atoms with Crippen LogP contribution in [0.2, 0.25) is 0 Å². The lowest BCUT2D eigenvalue weighted by Gasteiger charge is -2.34. The Morgan fingerprint density at radius 3 is 2.50 bits per heavy atom. The third kappa shape index (κ3) is 9.96. The molecule has 3 amide bonds. The van der Waals surface area contributed by atoms with E-state index in [1.807, 2.05) is 12.3 Å². The number of amides is 3. The van der Waals surface area contributed by atoms with E-state index in [0.29, 0.717) is 56.5 Å². The predicted octanol–water partition coefficient (Wildman–Crippen LogP) is 6.60. The van der Waals surface area contributed by atoms with Crippen molar-refractivity contribution >= 4 is 40.5 Å². The van der Waals surface area contributed by atoms with E-state index >= 15 is 0 Å². The number of nitrogens with one attached hydrogen (secondary N) is 3. The Morgan fingerprint density at radius 2 is 1.78 bits per heavy atom. The number of ether oxygens (including phenoxy) is 1. The SMILES string of the molecule is C=C(/N=C1/CN(c2cnc3c(c2C)NCCO3)CC/C1=C/C)Nc1ccc(CC(=O)N2CCC(CN3Cc4ccc(C)cc4C3)CC2)c(C)c1.O=C1CCCC(=O)N1. The van der Waals surface area contributed by atoms with Crippen LogP contribution in [0, 0.1) is 26.7 Å². The second kappa shape index (κ2) is 18.4. The summed E-state index contributed by atoms with van der Waals surface area (Å²) in [4.78, 5) is 50.6. The molecule has 306 valence electrons. The first kappa shape index (κ1) is 40.7.